The molecule has 102 valence electrons. The van der Waals surface area contributed by atoms with Crippen LogP contribution < -0.4 is 0 Å². The first-order chi connectivity index (χ1) is 7.65. The summed E-state index contributed by atoms with van der Waals surface area (Å²) in [6.45, 7) is 13.3. The Morgan fingerprint density at radius 3 is 2.12 bits per heavy atom. The molecule has 0 aliphatic rings. The maximum atomic E-state index is 12.3. The van der Waals surface area contributed by atoms with Gasteiger partial charge in [0, 0.05) is 10.2 Å². The molecular formula is C14H30O2Si. The van der Waals surface area contributed by atoms with Crippen LogP contribution in [-0.4, -0.2) is 22.8 Å². The number of hydrogen-bond acceptors (Lipinski definition) is 2. The van der Waals surface area contributed by atoms with E-state index in [1.54, 1.807) is 0 Å². The lowest BCUT2D eigenvalue weighted by Crippen LogP contribution is -2.42. The van der Waals surface area contributed by atoms with Crippen LogP contribution >= 0.6 is 0 Å². The fourth-order valence-electron chi connectivity index (χ4n) is 1.98. The predicted octanol–water partition coefficient (Wildman–Crippen LogP) is 2.80. The molecule has 17 heavy (non-hydrogen) atoms. The first kappa shape index (κ1) is 16.7. The van der Waals surface area contributed by atoms with Crippen molar-refractivity contribution in [2.45, 2.75) is 60.4 Å². The summed E-state index contributed by atoms with van der Waals surface area (Å²) in [5.41, 5.74) is -0.443. The molecule has 0 amide bonds. The summed E-state index contributed by atoms with van der Waals surface area (Å²) >= 11 is 0. The van der Waals surface area contributed by atoms with Gasteiger partial charge in [0.25, 0.3) is 0 Å². The number of rotatable bonds is 6. The number of ether oxygens (including phenoxy) is 1. The molecule has 0 bridgehead atoms. The molecule has 0 N–H and O–H groups in total. The molecule has 0 radical (unpaired) electrons. The zero-order valence-electron chi connectivity index (χ0n) is 12.7. The maximum Gasteiger partial charge on any atom is 0.312 e. The van der Waals surface area contributed by atoms with Gasteiger partial charge in [-0.25, -0.2) is 0 Å². The molecule has 0 aliphatic heterocycles. The lowest BCUT2D eigenvalue weighted by Gasteiger charge is -2.40. The van der Waals surface area contributed by atoms with Crippen LogP contribution in [0.5, 0.6) is 0 Å². The molecule has 0 aromatic carbocycles. The van der Waals surface area contributed by atoms with Gasteiger partial charge in [-0.1, -0.05) is 40.7 Å². The van der Waals surface area contributed by atoms with Crippen LogP contribution in [0.4, 0.5) is 0 Å². The fourth-order valence-corrected chi connectivity index (χ4v) is 2.27. The van der Waals surface area contributed by atoms with Crippen LogP contribution in [0.3, 0.4) is 0 Å². The van der Waals surface area contributed by atoms with E-state index in [-0.39, 0.29) is 16.8 Å². The molecule has 0 saturated carbocycles. The Balaban J connectivity index is 4.74. The van der Waals surface area contributed by atoms with Gasteiger partial charge in [-0.2, -0.15) is 0 Å². The minimum absolute atomic E-state index is 0.0196. The monoisotopic (exact) mass is 258 g/mol. The molecule has 0 aromatic heterocycles. The highest BCUT2D eigenvalue weighted by Crippen LogP contribution is 2.44. The average molecular weight is 258 g/mol. The molecular weight excluding hydrogens is 228 g/mol. The Bertz CT molecular complexity index is 243. The number of carbonyl (C=O) groups excluding carboxylic acids is 1. The third-order valence-electron chi connectivity index (χ3n) is 3.65. The van der Waals surface area contributed by atoms with Gasteiger partial charge in [-0.3, -0.25) is 4.79 Å². The summed E-state index contributed by atoms with van der Waals surface area (Å²) < 4.78 is 5.46. The third kappa shape index (κ3) is 4.82. The van der Waals surface area contributed by atoms with Crippen molar-refractivity contribution >= 4 is 16.2 Å². The number of carbonyl (C=O) groups is 1. The molecule has 0 heterocycles. The van der Waals surface area contributed by atoms with Gasteiger partial charge < -0.3 is 4.74 Å². The van der Waals surface area contributed by atoms with Crippen molar-refractivity contribution in [1.29, 1.82) is 0 Å². The second-order valence-electron chi connectivity index (χ2n) is 6.67. The predicted molar refractivity (Wildman–Crippen MR) is 77.3 cm³/mol. The molecule has 0 saturated heterocycles. The third-order valence-corrected chi connectivity index (χ3v) is 4.36. The normalized spacial score (nSPS) is 15.9. The van der Waals surface area contributed by atoms with Gasteiger partial charge in [0.15, 0.2) is 0 Å². The summed E-state index contributed by atoms with van der Waals surface area (Å²) in [4.78, 5) is 12.3. The van der Waals surface area contributed by atoms with E-state index in [1.165, 1.54) is 16.3 Å². The first-order valence-electron chi connectivity index (χ1n) is 6.82. The smallest absolute Gasteiger partial charge is 0.312 e. The van der Waals surface area contributed by atoms with Crippen molar-refractivity contribution < 1.29 is 9.53 Å². The summed E-state index contributed by atoms with van der Waals surface area (Å²) in [6, 6.07) is 1.20. The SMILES string of the molecule is CC(C)CC(C)(C(=O)OCCC[SiH3])C(C)(C)C. The van der Waals surface area contributed by atoms with Gasteiger partial charge >= 0.3 is 5.97 Å². The Labute approximate surface area is 110 Å². The Morgan fingerprint density at radius 2 is 1.76 bits per heavy atom. The van der Waals surface area contributed by atoms with Crippen molar-refractivity contribution in [2.75, 3.05) is 6.61 Å². The fraction of sp³-hybridized carbons (Fsp3) is 0.929. The molecule has 2 nitrogen and oxygen atoms in total. The van der Waals surface area contributed by atoms with Crippen molar-refractivity contribution in [1.82, 2.24) is 0 Å². The zero-order chi connectivity index (χ0) is 13.7. The molecule has 3 heteroatoms. The second kappa shape index (κ2) is 6.57. The highest BCUT2D eigenvalue weighted by Gasteiger charge is 2.45. The molecule has 0 rings (SSSR count). The Morgan fingerprint density at radius 1 is 1.24 bits per heavy atom. The van der Waals surface area contributed by atoms with E-state index < -0.39 is 0 Å². The van der Waals surface area contributed by atoms with Gasteiger partial charge in [-0.15, -0.1) is 0 Å². The van der Waals surface area contributed by atoms with E-state index >= 15 is 0 Å². The Hall–Kier alpha value is -0.313. The molecule has 0 aromatic rings. The highest BCUT2D eigenvalue weighted by molar-refractivity contribution is 6.08. The zero-order valence-corrected chi connectivity index (χ0v) is 14.7. The quantitative estimate of drug-likeness (QED) is 0.416. The summed E-state index contributed by atoms with van der Waals surface area (Å²) in [7, 11) is 1.19. The lowest BCUT2D eigenvalue weighted by atomic mass is 9.64. The van der Waals surface area contributed by atoms with Gasteiger partial charge in [0.05, 0.1) is 12.0 Å². The van der Waals surface area contributed by atoms with E-state index in [4.69, 9.17) is 4.74 Å². The highest BCUT2D eigenvalue weighted by atomic mass is 28.1. The molecule has 0 fully saturated rings. The molecule has 1 unspecified atom stereocenters. The largest absolute Gasteiger partial charge is 0.465 e. The van der Waals surface area contributed by atoms with Gasteiger partial charge in [0.2, 0.25) is 0 Å². The minimum Gasteiger partial charge on any atom is -0.465 e. The van der Waals surface area contributed by atoms with E-state index in [9.17, 15) is 4.79 Å². The second-order valence-corrected chi connectivity index (χ2v) is 7.67. The van der Waals surface area contributed by atoms with E-state index in [2.05, 4.69) is 41.5 Å². The summed E-state index contributed by atoms with van der Waals surface area (Å²) in [6.07, 6.45) is 1.90. The van der Waals surface area contributed by atoms with Crippen LogP contribution in [0.2, 0.25) is 6.04 Å². The van der Waals surface area contributed by atoms with Crippen molar-refractivity contribution in [3.8, 4) is 0 Å². The lowest BCUT2D eigenvalue weighted by molar-refractivity contribution is -0.163. The molecule has 0 spiro atoms. The van der Waals surface area contributed by atoms with Crippen molar-refractivity contribution in [3.05, 3.63) is 0 Å². The molecule has 0 aliphatic carbocycles. The van der Waals surface area contributed by atoms with Crippen LogP contribution in [-0.2, 0) is 9.53 Å². The first-order valence-corrected chi connectivity index (χ1v) is 8.23. The topological polar surface area (TPSA) is 26.3 Å². The minimum atomic E-state index is -0.383. The van der Waals surface area contributed by atoms with E-state index in [0.29, 0.717) is 12.5 Å². The van der Waals surface area contributed by atoms with Crippen LogP contribution in [0.1, 0.15) is 54.4 Å². The van der Waals surface area contributed by atoms with Gasteiger partial charge in [0.1, 0.15) is 0 Å². The average Bonchev–Trinajstić information content (AvgIpc) is 2.15. The molecule has 1 atom stereocenters. The van der Waals surface area contributed by atoms with Crippen LogP contribution in [0.25, 0.3) is 0 Å². The summed E-state index contributed by atoms with van der Waals surface area (Å²) in [5.74, 6) is 0.485. The van der Waals surface area contributed by atoms with Crippen LogP contribution in [0.15, 0.2) is 0 Å². The van der Waals surface area contributed by atoms with Crippen molar-refractivity contribution in [2.24, 2.45) is 16.7 Å². The number of esters is 1. The van der Waals surface area contributed by atoms with E-state index in [0.717, 1.165) is 12.8 Å². The summed E-state index contributed by atoms with van der Waals surface area (Å²) in [5, 5.41) is 0. The maximum absolute atomic E-state index is 12.3. The van der Waals surface area contributed by atoms with Crippen molar-refractivity contribution in [3.63, 3.8) is 0 Å². The number of hydrogen-bond donors (Lipinski definition) is 0. The van der Waals surface area contributed by atoms with Crippen LogP contribution in [0, 0.1) is 16.7 Å². The van der Waals surface area contributed by atoms with E-state index in [1.807, 2.05) is 0 Å². The Kier molecular flexibility index (Phi) is 6.45. The standard InChI is InChI=1S/C14H30O2Si/c1-11(2)10-14(6,13(3,4)5)12(15)16-8-7-9-17/h11H,7-10H2,1-6,17H3. The van der Waals surface area contributed by atoms with Gasteiger partial charge in [-0.05, 0) is 31.1 Å².